The third-order valence-corrected chi connectivity index (χ3v) is 4.29. The minimum absolute atomic E-state index is 0.695. The summed E-state index contributed by atoms with van der Waals surface area (Å²) < 4.78 is 0. The van der Waals surface area contributed by atoms with Gasteiger partial charge in [0.15, 0.2) is 0 Å². The molecule has 1 aromatic carbocycles. The highest BCUT2D eigenvalue weighted by Gasteiger charge is 2.19. The van der Waals surface area contributed by atoms with Gasteiger partial charge < -0.3 is 0 Å². The Morgan fingerprint density at radius 2 is 1.73 bits per heavy atom. The topological polar surface area (TPSA) is 0 Å². The van der Waals surface area contributed by atoms with Gasteiger partial charge in [-0.15, -0.1) is 0 Å². The van der Waals surface area contributed by atoms with Crippen molar-refractivity contribution in [3.8, 4) is 0 Å². The fourth-order valence-electron chi connectivity index (χ4n) is 2.34. The molecule has 1 saturated carbocycles. The lowest BCUT2D eigenvalue weighted by atomic mass is 9.92. The highest BCUT2D eigenvalue weighted by molar-refractivity contribution is 9.09. The Kier molecular flexibility index (Phi) is 4.10. The maximum absolute atomic E-state index is 5.90. The number of halogens is 2. The second kappa shape index (κ2) is 5.36. The molecule has 15 heavy (non-hydrogen) atoms. The fourth-order valence-corrected chi connectivity index (χ4v) is 3.24. The van der Waals surface area contributed by atoms with Crippen molar-refractivity contribution in [3.63, 3.8) is 0 Å². The standard InChI is InChI=1S/C13H16BrCl/c14-12-4-2-1-3-11(9-12)10-5-7-13(15)8-6-10/h5-8,11-12H,1-4,9H2. The Hall–Kier alpha value is -0.0100. The van der Waals surface area contributed by atoms with Crippen LogP contribution < -0.4 is 0 Å². The van der Waals surface area contributed by atoms with Gasteiger partial charge in [-0.2, -0.15) is 0 Å². The molecule has 0 nitrogen and oxygen atoms in total. The first-order valence-electron chi connectivity index (χ1n) is 5.65. The maximum Gasteiger partial charge on any atom is 0.0406 e. The molecule has 0 heterocycles. The monoisotopic (exact) mass is 286 g/mol. The minimum atomic E-state index is 0.695. The van der Waals surface area contributed by atoms with Gasteiger partial charge in [0.05, 0.1) is 0 Å². The van der Waals surface area contributed by atoms with Crippen molar-refractivity contribution in [1.29, 1.82) is 0 Å². The Morgan fingerprint density at radius 1 is 1.07 bits per heavy atom. The first-order valence-corrected chi connectivity index (χ1v) is 6.94. The third-order valence-electron chi connectivity index (χ3n) is 3.20. The number of alkyl halides is 1. The average Bonchev–Trinajstić information content (AvgIpc) is 2.44. The maximum atomic E-state index is 5.90. The zero-order chi connectivity index (χ0) is 10.7. The summed E-state index contributed by atoms with van der Waals surface area (Å²) in [5.41, 5.74) is 1.45. The van der Waals surface area contributed by atoms with Gasteiger partial charge in [0.1, 0.15) is 0 Å². The molecule has 2 heteroatoms. The summed E-state index contributed by atoms with van der Waals surface area (Å²) in [6, 6.07) is 8.37. The van der Waals surface area contributed by atoms with E-state index in [4.69, 9.17) is 11.6 Å². The van der Waals surface area contributed by atoms with Crippen molar-refractivity contribution in [2.45, 2.75) is 42.8 Å². The Balaban J connectivity index is 2.11. The second-order valence-electron chi connectivity index (χ2n) is 4.37. The molecule has 2 unspecified atom stereocenters. The van der Waals surface area contributed by atoms with Crippen LogP contribution in [0.1, 0.15) is 43.6 Å². The van der Waals surface area contributed by atoms with Crippen molar-refractivity contribution in [2.75, 3.05) is 0 Å². The molecule has 1 aliphatic carbocycles. The predicted octanol–water partition coefficient (Wildman–Crippen LogP) is 5.15. The summed E-state index contributed by atoms with van der Waals surface area (Å²) in [4.78, 5) is 0.695. The van der Waals surface area contributed by atoms with Crippen LogP contribution in [-0.2, 0) is 0 Å². The van der Waals surface area contributed by atoms with Gasteiger partial charge in [0.25, 0.3) is 0 Å². The first kappa shape index (κ1) is 11.5. The quantitative estimate of drug-likeness (QED) is 0.495. The molecule has 0 aliphatic heterocycles. The Bertz CT molecular complexity index is 307. The van der Waals surface area contributed by atoms with Gasteiger partial charge in [-0.3, -0.25) is 0 Å². The van der Waals surface area contributed by atoms with Crippen LogP contribution in [0.4, 0.5) is 0 Å². The number of benzene rings is 1. The lowest BCUT2D eigenvalue weighted by molar-refractivity contribution is 0.600. The van der Waals surface area contributed by atoms with Gasteiger partial charge in [0.2, 0.25) is 0 Å². The van der Waals surface area contributed by atoms with E-state index in [1.807, 2.05) is 12.1 Å². The van der Waals surface area contributed by atoms with Crippen molar-refractivity contribution < 1.29 is 0 Å². The van der Waals surface area contributed by atoms with E-state index in [2.05, 4.69) is 28.1 Å². The molecular formula is C13H16BrCl. The minimum Gasteiger partial charge on any atom is -0.0890 e. The zero-order valence-corrected chi connectivity index (χ0v) is 11.1. The van der Waals surface area contributed by atoms with Crippen LogP contribution in [0, 0.1) is 0 Å². The molecule has 0 spiro atoms. The summed E-state index contributed by atoms with van der Waals surface area (Å²) >= 11 is 9.67. The van der Waals surface area contributed by atoms with Crippen LogP contribution in [0.3, 0.4) is 0 Å². The average molecular weight is 288 g/mol. The molecule has 0 bridgehead atoms. The molecule has 1 aromatic rings. The molecular weight excluding hydrogens is 272 g/mol. The summed E-state index contributed by atoms with van der Waals surface area (Å²) in [5, 5.41) is 0.836. The lowest BCUT2D eigenvalue weighted by Gasteiger charge is -2.16. The van der Waals surface area contributed by atoms with E-state index in [-0.39, 0.29) is 0 Å². The number of hydrogen-bond acceptors (Lipinski definition) is 0. The van der Waals surface area contributed by atoms with Gasteiger partial charge in [-0.25, -0.2) is 0 Å². The molecule has 0 saturated heterocycles. The fraction of sp³-hybridized carbons (Fsp3) is 0.538. The Morgan fingerprint density at radius 3 is 2.47 bits per heavy atom. The van der Waals surface area contributed by atoms with E-state index >= 15 is 0 Å². The van der Waals surface area contributed by atoms with Crippen molar-refractivity contribution in [3.05, 3.63) is 34.9 Å². The SMILES string of the molecule is Clc1ccc(C2CCCCC(Br)C2)cc1. The largest absolute Gasteiger partial charge is 0.0890 e. The molecule has 82 valence electrons. The Labute approximate surface area is 105 Å². The van der Waals surface area contributed by atoms with Gasteiger partial charge in [-0.1, -0.05) is 52.5 Å². The highest BCUT2D eigenvalue weighted by atomic mass is 79.9. The van der Waals surface area contributed by atoms with E-state index < -0.39 is 0 Å². The van der Waals surface area contributed by atoms with E-state index in [0.29, 0.717) is 10.7 Å². The van der Waals surface area contributed by atoms with Crippen LogP contribution in [0.5, 0.6) is 0 Å². The molecule has 1 fully saturated rings. The van der Waals surface area contributed by atoms with E-state index in [0.717, 1.165) is 5.02 Å². The summed E-state index contributed by atoms with van der Waals surface area (Å²) in [7, 11) is 0. The molecule has 0 radical (unpaired) electrons. The molecule has 2 atom stereocenters. The molecule has 0 amide bonds. The lowest BCUT2D eigenvalue weighted by Crippen LogP contribution is -2.03. The van der Waals surface area contributed by atoms with Crippen LogP contribution in [-0.4, -0.2) is 4.83 Å². The molecule has 2 rings (SSSR count). The van der Waals surface area contributed by atoms with Crippen molar-refractivity contribution >= 4 is 27.5 Å². The second-order valence-corrected chi connectivity index (χ2v) is 6.10. The van der Waals surface area contributed by atoms with Crippen molar-refractivity contribution in [1.82, 2.24) is 0 Å². The number of hydrogen-bond donors (Lipinski definition) is 0. The van der Waals surface area contributed by atoms with Crippen LogP contribution in [0.15, 0.2) is 24.3 Å². The van der Waals surface area contributed by atoms with E-state index in [1.54, 1.807) is 0 Å². The summed E-state index contributed by atoms with van der Waals surface area (Å²) in [6.45, 7) is 0. The van der Waals surface area contributed by atoms with E-state index in [1.165, 1.54) is 37.7 Å². The summed E-state index contributed by atoms with van der Waals surface area (Å²) in [6.07, 6.45) is 6.63. The molecule has 0 aromatic heterocycles. The van der Waals surface area contributed by atoms with Crippen LogP contribution in [0.25, 0.3) is 0 Å². The third kappa shape index (κ3) is 3.22. The first-order chi connectivity index (χ1) is 7.25. The van der Waals surface area contributed by atoms with Crippen LogP contribution >= 0.6 is 27.5 Å². The zero-order valence-electron chi connectivity index (χ0n) is 8.76. The van der Waals surface area contributed by atoms with Crippen LogP contribution in [0.2, 0.25) is 5.02 Å². The van der Waals surface area contributed by atoms with E-state index in [9.17, 15) is 0 Å². The molecule has 1 aliphatic rings. The predicted molar refractivity (Wildman–Crippen MR) is 70.0 cm³/mol. The summed E-state index contributed by atoms with van der Waals surface area (Å²) in [5.74, 6) is 0.717. The normalized spacial score (nSPS) is 27.3. The van der Waals surface area contributed by atoms with Gasteiger partial charge in [0, 0.05) is 9.85 Å². The van der Waals surface area contributed by atoms with Gasteiger partial charge in [-0.05, 0) is 42.9 Å². The highest BCUT2D eigenvalue weighted by Crippen LogP contribution is 2.34. The van der Waals surface area contributed by atoms with Crippen molar-refractivity contribution in [2.24, 2.45) is 0 Å². The molecule has 0 N–H and O–H groups in total. The number of rotatable bonds is 1. The van der Waals surface area contributed by atoms with Gasteiger partial charge >= 0.3 is 0 Å². The smallest absolute Gasteiger partial charge is 0.0406 e.